The summed E-state index contributed by atoms with van der Waals surface area (Å²) in [5, 5.41) is 19.8. The van der Waals surface area contributed by atoms with Crippen molar-refractivity contribution >= 4 is 24.9 Å². The fraction of sp³-hybridized carbons (Fsp3) is 0.545. The van der Waals surface area contributed by atoms with E-state index in [-0.39, 0.29) is 12.4 Å². The lowest BCUT2D eigenvalue weighted by molar-refractivity contribution is 0.0148. The number of fused-ring (bicyclic) bond motifs is 1. The van der Waals surface area contributed by atoms with Crippen molar-refractivity contribution in [3.63, 3.8) is 0 Å². The van der Waals surface area contributed by atoms with E-state index in [9.17, 15) is 19.3 Å². The molecule has 1 aliphatic carbocycles. The van der Waals surface area contributed by atoms with Gasteiger partial charge in [0, 0.05) is 12.5 Å². The molecule has 2 aromatic heterocycles. The molecule has 0 aromatic carbocycles. The molecule has 2 heterocycles. The highest BCUT2D eigenvalue weighted by Crippen LogP contribution is 2.40. The van der Waals surface area contributed by atoms with Crippen LogP contribution in [0.5, 0.6) is 0 Å². The van der Waals surface area contributed by atoms with Crippen molar-refractivity contribution < 1.29 is 23.9 Å². The molecule has 0 saturated heterocycles. The minimum atomic E-state index is -3.13. The van der Waals surface area contributed by atoms with E-state index in [1.165, 1.54) is 12.7 Å². The molecule has 1 saturated carbocycles. The van der Waals surface area contributed by atoms with E-state index in [4.69, 9.17) is 10.3 Å². The number of anilines is 1. The first-order chi connectivity index (χ1) is 10.5. The van der Waals surface area contributed by atoms with Gasteiger partial charge in [-0.15, -0.1) is 0 Å². The van der Waals surface area contributed by atoms with Crippen LogP contribution in [0, 0.1) is 5.92 Å². The summed E-state index contributed by atoms with van der Waals surface area (Å²) in [6.07, 6.45) is 0.924. The van der Waals surface area contributed by atoms with Crippen molar-refractivity contribution in [2.45, 2.75) is 24.7 Å². The van der Waals surface area contributed by atoms with Gasteiger partial charge >= 0.3 is 7.91 Å². The molecule has 22 heavy (non-hydrogen) atoms. The second-order valence-electron chi connectivity index (χ2n) is 5.11. The van der Waals surface area contributed by atoms with Gasteiger partial charge in [-0.1, -0.05) is 0 Å². The third-order valence-electron chi connectivity index (χ3n) is 3.93. The van der Waals surface area contributed by atoms with Crippen LogP contribution in [0.4, 0.5) is 5.82 Å². The summed E-state index contributed by atoms with van der Waals surface area (Å²) < 4.78 is 27.9. The number of hydrogen-bond acceptors (Lipinski definition) is 9. The zero-order chi connectivity index (χ0) is 15.9. The monoisotopic (exact) mass is 327 g/mol. The normalized spacial score (nSPS) is 28.3. The third kappa shape index (κ3) is 2.40. The predicted octanol–water partition coefficient (Wildman–Crippen LogP) is -0.204. The molecule has 3 rings (SSSR count). The number of aliphatic hydroxyl groups is 2. The topological polar surface area (TPSA) is 153 Å². The van der Waals surface area contributed by atoms with Crippen molar-refractivity contribution in [2.75, 3.05) is 12.3 Å². The van der Waals surface area contributed by atoms with Gasteiger partial charge in [-0.05, 0) is 6.42 Å². The quantitative estimate of drug-likeness (QED) is 0.647. The number of hydrogen-bond donors (Lipinski definition) is 3. The van der Waals surface area contributed by atoms with Crippen LogP contribution < -0.4 is 5.73 Å². The molecule has 0 amide bonds. The summed E-state index contributed by atoms with van der Waals surface area (Å²) in [5.41, 5.74) is 6.54. The fourth-order valence-electron chi connectivity index (χ4n) is 2.90. The third-order valence-corrected chi connectivity index (χ3v) is 4.34. The summed E-state index contributed by atoms with van der Waals surface area (Å²) in [6.45, 7) is -0.300. The Morgan fingerprint density at radius 2 is 2.18 bits per heavy atom. The van der Waals surface area contributed by atoms with Crippen molar-refractivity contribution in [1.82, 2.24) is 19.5 Å². The zero-order valence-corrected chi connectivity index (χ0v) is 12.2. The summed E-state index contributed by atoms with van der Waals surface area (Å²) in [7, 11) is -3.13. The van der Waals surface area contributed by atoms with E-state index >= 15 is 0 Å². The molecule has 4 N–H and O–H groups in total. The second kappa shape index (κ2) is 5.73. The molecule has 1 aliphatic rings. The first-order valence-electron chi connectivity index (χ1n) is 6.56. The molecule has 1 fully saturated rings. The van der Waals surface area contributed by atoms with Gasteiger partial charge < -0.3 is 20.5 Å². The van der Waals surface area contributed by atoms with E-state index in [0.717, 1.165) is 0 Å². The Balaban J connectivity index is 1.98. The molecule has 0 aliphatic heterocycles. The van der Waals surface area contributed by atoms with Crippen molar-refractivity contribution in [1.29, 1.82) is 0 Å². The standard InChI is InChI=1S/C11H14N5O5P/c12-10-7-11(14-3-13-10)16(4-15-7)6-1-5(2-17)9(8(6)18)21-22(19)20/h3-6,8-9,17-18H,1-2H2,(H2,12,13,14). The lowest BCUT2D eigenvalue weighted by Crippen LogP contribution is -2.31. The lowest BCUT2D eigenvalue weighted by atomic mass is 10.1. The summed E-state index contributed by atoms with van der Waals surface area (Å²) >= 11 is 0. The molecule has 0 radical (unpaired) electrons. The maximum atomic E-state index is 10.8. The van der Waals surface area contributed by atoms with Crippen molar-refractivity contribution in [2.24, 2.45) is 5.92 Å². The van der Waals surface area contributed by atoms with E-state index < -0.39 is 32.1 Å². The highest BCUT2D eigenvalue weighted by Gasteiger charge is 2.45. The Kier molecular flexibility index (Phi) is 3.92. The van der Waals surface area contributed by atoms with Gasteiger partial charge in [-0.25, -0.2) is 24.1 Å². The number of nitrogen functional groups attached to an aromatic ring is 1. The Morgan fingerprint density at radius 3 is 2.86 bits per heavy atom. The first kappa shape index (κ1) is 15.0. The highest BCUT2D eigenvalue weighted by molar-refractivity contribution is 7.24. The Hall–Kier alpha value is -1.87. The Bertz CT molecular complexity index is 754. The van der Waals surface area contributed by atoms with Gasteiger partial charge in [0.1, 0.15) is 24.1 Å². The number of nitrogens with two attached hydrogens (primary N) is 1. The van der Waals surface area contributed by atoms with Crippen molar-refractivity contribution in [3.8, 4) is 0 Å². The SMILES string of the molecule is Nc1ncnc2c1ncn2C1CC(CO)C(OP(=O)=O)C1O. The van der Waals surface area contributed by atoms with Crippen LogP contribution >= 0.6 is 7.91 Å². The number of nitrogens with zero attached hydrogens (tertiary/aromatic N) is 4. The number of aromatic nitrogens is 4. The van der Waals surface area contributed by atoms with Gasteiger partial charge in [0.25, 0.3) is 0 Å². The van der Waals surface area contributed by atoms with E-state index in [2.05, 4.69) is 15.0 Å². The van der Waals surface area contributed by atoms with Crippen molar-refractivity contribution in [3.05, 3.63) is 12.7 Å². The number of rotatable bonds is 4. The average molecular weight is 327 g/mol. The molecule has 0 bridgehead atoms. The minimum absolute atomic E-state index is 0.213. The van der Waals surface area contributed by atoms with Gasteiger partial charge in [0.05, 0.1) is 12.4 Å². The van der Waals surface area contributed by atoms with Crippen LogP contribution in [-0.4, -0.2) is 48.5 Å². The van der Waals surface area contributed by atoms with E-state index in [1.807, 2.05) is 0 Å². The Morgan fingerprint density at radius 1 is 1.41 bits per heavy atom. The van der Waals surface area contributed by atoms with Crippen LogP contribution in [0.15, 0.2) is 12.7 Å². The molecular formula is C11H14N5O5P. The maximum absolute atomic E-state index is 10.8. The minimum Gasteiger partial charge on any atom is -0.396 e. The van der Waals surface area contributed by atoms with Crippen LogP contribution in [0.2, 0.25) is 0 Å². The maximum Gasteiger partial charge on any atom is 0.468 e. The molecule has 118 valence electrons. The van der Waals surface area contributed by atoms with Gasteiger partial charge in [-0.2, -0.15) is 0 Å². The summed E-state index contributed by atoms with van der Waals surface area (Å²) in [6, 6.07) is -0.531. The molecular weight excluding hydrogens is 313 g/mol. The zero-order valence-electron chi connectivity index (χ0n) is 11.3. The van der Waals surface area contributed by atoms with Crippen LogP contribution in [0.25, 0.3) is 11.2 Å². The lowest BCUT2D eigenvalue weighted by Gasteiger charge is -2.19. The second-order valence-corrected chi connectivity index (χ2v) is 5.77. The van der Waals surface area contributed by atoms with E-state index in [0.29, 0.717) is 17.6 Å². The van der Waals surface area contributed by atoms with Crippen LogP contribution in [0.1, 0.15) is 12.5 Å². The molecule has 10 nitrogen and oxygen atoms in total. The number of imidazole rings is 1. The van der Waals surface area contributed by atoms with Gasteiger partial charge in [-0.3, -0.25) is 4.52 Å². The van der Waals surface area contributed by atoms with Gasteiger partial charge in [0.15, 0.2) is 11.5 Å². The summed E-state index contributed by atoms with van der Waals surface area (Å²) in [4.78, 5) is 12.0. The molecule has 11 heteroatoms. The first-order valence-corrected chi connectivity index (χ1v) is 7.65. The van der Waals surface area contributed by atoms with Gasteiger partial charge in [0.2, 0.25) is 0 Å². The average Bonchev–Trinajstić information content (AvgIpc) is 3.02. The number of aliphatic hydroxyl groups excluding tert-OH is 2. The van der Waals surface area contributed by atoms with Crippen LogP contribution in [0.3, 0.4) is 0 Å². The summed E-state index contributed by atoms with van der Waals surface area (Å²) in [5.74, 6) is -0.296. The Labute approximate surface area is 124 Å². The smallest absolute Gasteiger partial charge is 0.396 e. The fourth-order valence-corrected chi connectivity index (χ4v) is 3.39. The molecule has 0 spiro atoms. The predicted molar refractivity (Wildman–Crippen MR) is 73.1 cm³/mol. The molecule has 2 aromatic rings. The molecule has 4 atom stereocenters. The highest BCUT2D eigenvalue weighted by atomic mass is 31.1. The molecule has 4 unspecified atom stereocenters. The van der Waals surface area contributed by atoms with Crippen LogP contribution in [-0.2, 0) is 13.7 Å². The van der Waals surface area contributed by atoms with E-state index in [1.54, 1.807) is 4.57 Å². The largest absolute Gasteiger partial charge is 0.468 e.